The van der Waals surface area contributed by atoms with E-state index in [0.29, 0.717) is 61.2 Å². The van der Waals surface area contributed by atoms with E-state index in [1.54, 1.807) is 11.1 Å². The molecular weight excluding hydrogens is 340 g/mol. The Balaban J connectivity index is 1.47. The number of nitrogens with zero attached hydrogens (tertiary/aromatic N) is 2. The van der Waals surface area contributed by atoms with Gasteiger partial charge in [-0.3, -0.25) is 9.78 Å². The van der Waals surface area contributed by atoms with Crippen molar-refractivity contribution in [2.24, 2.45) is 0 Å². The molecule has 0 saturated carbocycles. The van der Waals surface area contributed by atoms with Crippen molar-refractivity contribution in [1.29, 1.82) is 0 Å². The van der Waals surface area contributed by atoms with Gasteiger partial charge in [0.25, 0.3) is 5.91 Å². The lowest BCUT2D eigenvalue weighted by atomic mass is 9.87. The molecule has 2 aromatic heterocycles. The number of fused-ring (bicyclic) bond motifs is 1. The van der Waals surface area contributed by atoms with Crippen LogP contribution in [0.1, 0.15) is 33.8 Å². The number of carbonyl (C=O) groups excluding carboxylic acids is 1. The molecule has 2 aromatic rings. The van der Waals surface area contributed by atoms with Crippen molar-refractivity contribution >= 4 is 17.2 Å². The molecule has 0 atom stereocenters. The summed E-state index contributed by atoms with van der Waals surface area (Å²) in [6.45, 7) is 3.91. The Labute approximate surface area is 150 Å². The topological polar surface area (TPSA) is 71.9 Å². The van der Waals surface area contributed by atoms with Crippen LogP contribution < -0.4 is 9.47 Å². The van der Waals surface area contributed by atoms with E-state index in [2.05, 4.69) is 4.98 Å². The maximum absolute atomic E-state index is 12.8. The standard InChI is InChI=1S/C18H20N2O4S/c1-12-2-3-14(19-10-12)18(22)4-6-20(7-5-18)17(21)16-15-13(11-25-16)23-8-9-24-15/h2-3,10-11,22H,4-9H2,1H3. The minimum absolute atomic E-state index is 0.0596. The van der Waals surface area contributed by atoms with Gasteiger partial charge in [0, 0.05) is 24.7 Å². The minimum atomic E-state index is -0.973. The smallest absolute Gasteiger partial charge is 0.267 e. The Bertz CT molecular complexity index is 779. The number of piperidine rings is 1. The number of hydrogen-bond acceptors (Lipinski definition) is 6. The van der Waals surface area contributed by atoms with Crippen molar-refractivity contribution in [3.63, 3.8) is 0 Å². The SMILES string of the molecule is Cc1ccc(C2(O)CCN(C(=O)c3scc4c3OCCO4)CC2)nc1. The maximum atomic E-state index is 12.8. The lowest BCUT2D eigenvalue weighted by Gasteiger charge is -2.37. The van der Waals surface area contributed by atoms with Crippen LogP contribution in [0.4, 0.5) is 0 Å². The summed E-state index contributed by atoms with van der Waals surface area (Å²) in [5.74, 6) is 1.15. The monoisotopic (exact) mass is 360 g/mol. The first-order valence-electron chi connectivity index (χ1n) is 8.39. The number of aromatic nitrogens is 1. The van der Waals surface area contributed by atoms with Crippen LogP contribution in [0.25, 0.3) is 0 Å². The summed E-state index contributed by atoms with van der Waals surface area (Å²) >= 11 is 1.35. The molecule has 4 heterocycles. The lowest BCUT2D eigenvalue weighted by molar-refractivity contribution is -0.0244. The molecule has 25 heavy (non-hydrogen) atoms. The van der Waals surface area contributed by atoms with Gasteiger partial charge in [-0.2, -0.15) is 0 Å². The van der Waals surface area contributed by atoms with Crippen molar-refractivity contribution < 1.29 is 19.4 Å². The number of pyridine rings is 1. The van der Waals surface area contributed by atoms with Crippen molar-refractivity contribution in [3.8, 4) is 11.5 Å². The molecule has 1 N–H and O–H groups in total. The highest BCUT2D eigenvalue weighted by Crippen LogP contribution is 2.41. The molecule has 6 nitrogen and oxygen atoms in total. The molecule has 0 spiro atoms. The van der Waals surface area contributed by atoms with Crippen LogP contribution in [-0.4, -0.2) is 47.2 Å². The molecule has 7 heteroatoms. The fraction of sp³-hybridized carbons (Fsp3) is 0.444. The van der Waals surface area contributed by atoms with Crippen LogP contribution in [0.2, 0.25) is 0 Å². The molecule has 0 bridgehead atoms. The molecule has 0 unspecified atom stereocenters. The minimum Gasteiger partial charge on any atom is -0.485 e. The average molecular weight is 360 g/mol. The Morgan fingerprint density at radius 1 is 1.28 bits per heavy atom. The Morgan fingerprint density at radius 3 is 2.76 bits per heavy atom. The van der Waals surface area contributed by atoms with Gasteiger partial charge < -0.3 is 19.5 Å². The number of aliphatic hydroxyl groups is 1. The summed E-state index contributed by atoms with van der Waals surface area (Å²) in [7, 11) is 0. The Kier molecular flexibility index (Phi) is 4.13. The van der Waals surface area contributed by atoms with Crippen molar-refractivity contribution in [1.82, 2.24) is 9.88 Å². The van der Waals surface area contributed by atoms with E-state index in [9.17, 15) is 9.90 Å². The second-order valence-corrected chi connectivity index (χ2v) is 7.38. The van der Waals surface area contributed by atoms with Gasteiger partial charge in [-0.25, -0.2) is 0 Å². The summed E-state index contributed by atoms with van der Waals surface area (Å²) in [5.41, 5.74) is 0.763. The first-order chi connectivity index (χ1) is 12.1. The number of likely N-dealkylation sites (tertiary alicyclic amines) is 1. The van der Waals surface area contributed by atoms with Crippen LogP contribution in [-0.2, 0) is 5.60 Å². The summed E-state index contributed by atoms with van der Waals surface area (Å²) < 4.78 is 11.1. The number of hydrogen-bond donors (Lipinski definition) is 1. The average Bonchev–Trinajstić information content (AvgIpc) is 3.06. The van der Waals surface area contributed by atoms with Crippen LogP contribution in [0.5, 0.6) is 11.5 Å². The van der Waals surface area contributed by atoms with Gasteiger partial charge in [-0.1, -0.05) is 6.07 Å². The summed E-state index contributed by atoms with van der Waals surface area (Å²) in [6, 6.07) is 3.82. The molecule has 0 aromatic carbocycles. The lowest BCUT2D eigenvalue weighted by Crippen LogP contribution is -2.45. The molecule has 2 aliphatic rings. The number of aryl methyl sites for hydroxylation is 1. The number of thiophene rings is 1. The molecular formula is C18H20N2O4S. The first-order valence-corrected chi connectivity index (χ1v) is 9.27. The summed E-state index contributed by atoms with van der Waals surface area (Å²) in [6.07, 6.45) is 2.71. The fourth-order valence-corrected chi connectivity index (χ4v) is 4.13. The Hall–Kier alpha value is -2.12. The highest BCUT2D eigenvalue weighted by molar-refractivity contribution is 7.12. The molecule has 0 aliphatic carbocycles. The van der Waals surface area contributed by atoms with E-state index in [-0.39, 0.29) is 5.91 Å². The van der Waals surface area contributed by atoms with Crippen molar-refractivity contribution in [2.45, 2.75) is 25.4 Å². The predicted octanol–water partition coefficient (Wildman–Crippen LogP) is 2.35. The van der Waals surface area contributed by atoms with E-state index in [1.807, 2.05) is 24.4 Å². The zero-order valence-corrected chi connectivity index (χ0v) is 14.8. The van der Waals surface area contributed by atoms with E-state index in [0.717, 1.165) is 5.56 Å². The summed E-state index contributed by atoms with van der Waals surface area (Å²) in [5, 5.41) is 12.7. The second-order valence-electron chi connectivity index (χ2n) is 6.50. The van der Waals surface area contributed by atoms with Gasteiger partial charge in [0.1, 0.15) is 23.7 Å². The van der Waals surface area contributed by atoms with Crippen molar-refractivity contribution in [2.75, 3.05) is 26.3 Å². The van der Waals surface area contributed by atoms with E-state index < -0.39 is 5.60 Å². The maximum Gasteiger partial charge on any atom is 0.267 e. The molecule has 1 fully saturated rings. The zero-order chi connectivity index (χ0) is 17.4. The third-order valence-corrected chi connectivity index (χ3v) is 5.69. The van der Waals surface area contributed by atoms with Gasteiger partial charge >= 0.3 is 0 Å². The van der Waals surface area contributed by atoms with Crippen LogP contribution >= 0.6 is 11.3 Å². The van der Waals surface area contributed by atoms with E-state index >= 15 is 0 Å². The number of carbonyl (C=O) groups is 1. The van der Waals surface area contributed by atoms with Crippen LogP contribution in [0, 0.1) is 6.92 Å². The Morgan fingerprint density at radius 2 is 2.04 bits per heavy atom. The van der Waals surface area contributed by atoms with Gasteiger partial charge in [-0.15, -0.1) is 11.3 Å². The largest absolute Gasteiger partial charge is 0.485 e. The normalized spacial score (nSPS) is 18.9. The predicted molar refractivity (Wildman–Crippen MR) is 93.3 cm³/mol. The third-order valence-electron chi connectivity index (χ3n) is 4.76. The number of ether oxygens (including phenoxy) is 2. The van der Waals surface area contributed by atoms with Crippen molar-refractivity contribution in [3.05, 3.63) is 39.8 Å². The first kappa shape index (κ1) is 16.4. The van der Waals surface area contributed by atoms with Gasteiger partial charge in [0.15, 0.2) is 11.5 Å². The van der Waals surface area contributed by atoms with Crippen LogP contribution in [0.15, 0.2) is 23.7 Å². The zero-order valence-electron chi connectivity index (χ0n) is 14.0. The van der Waals surface area contributed by atoms with E-state index in [1.165, 1.54) is 11.3 Å². The van der Waals surface area contributed by atoms with E-state index in [4.69, 9.17) is 9.47 Å². The number of rotatable bonds is 2. The van der Waals surface area contributed by atoms with Gasteiger partial charge in [-0.05, 0) is 31.4 Å². The molecule has 1 saturated heterocycles. The molecule has 132 valence electrons. The molecule has 0 radical (unpaired) electrons. The third kappa shape index (κ3) is 2.98. The van der Waals surface area contributed by atoms with Gasteiger partial charge in [0.2, 0.25) is 0 Å². The van der Waals surface area contributed by atoms with Crippen LogP contribution in [0.3, 0.4) is 0 Å². The number of amides is 1. The highest BCUT2D eigenvalue weighted by atomic mass is 32.1. The molecule has 1 amide bonds. The van der Waals surface area contributed by atoms with Gasteiger partial charge in [0.05, 0.1) is 5.69 Å². The molecule has 4 rings (SSSR count). The molecule has 2 aliphatic heterocycles. The second kappa shape index (κ2) is 6.31. The highest BCUT2D eigenvalue weighted by Gasteiger charge is 2.38. The quantitative estimate of drug-likeness (QED) is 0.890. The fourth-order valence-electron chi connectivity index (χ4n) is 3.23. The summed E-state index contributed by atoms with van der Waals surface area (Å²) in [4.78, 5) is 19.5.